The van der Waals surface area contributed by atoms with Gasteiger partial charge in [-0.2, -0.15) is 0 Å². The van der Waals surface area contributed by atoms with Crippen LogP contribution in [-0.2, 0) is 9.53 Å². The number of nitrogens with one attached hydrogen (secondary N) is 1. The summed E-state index contributed by atoms with van der Waals surface area (Å²) in [6, 6.07) is 0. The molecule has 0 aliphatic rings. The van der Waals surface area contributed by atoms with Crippen LogP contribution in [0.4, 0.5) is 0 Å². The molecule has 0 unspecified atom stereocenters. The van der Waals surface area contributed by atoms with Crippen molar-refractivity contribution in [2.75, 3.05) is 40.8 Å². The maximum atomic E-state index is 11.2. The van der Waals surface area contributed by atoms with Crippen LogP contribution in [0.2, 0.25) is 0 Å². The molecule has 0 aromatic carbocycles. The number of hydrogen-bond donors (Lipinski definition) is 1. The van der Waals surface area contributed by atoms with Crippen LogP contribution in [0.25, 0.3) is 0 Å². The van der Waals surface area contributed by atoms with Gasteiger partial charge >= 0.3 is 5.97 Å². The number of esters is 1. The maximum absolute atomic E-state index is 11.2. The largest absolute Gasteiger partial charge is 0.466 e. The van der Waals surface area contributed by atoms with E-state index in [0.717, 1.165) is 31.6 Å². The Bertz CT molecular complexity index is 225. The number of nitrogens with zero attached hydrogens (tertiary/aromatic N) is 1. The molecular weight excluding hydrogens is 204 g/mol. The van der Waals surface area contributed by atoms with E-state index in [1.54, 1.807) is 0 Å². The molecule has 1 N–H and O–H groups in total. The van der Waals surface area contributed by atoms with Crippen LogP contribution >= 0.6 is 0 Å². The smallest absolute Gasteiger partial charge is 0.333 e. The molecule has 94 valence electrons. The van der Waals surface area contributed by atoms with E-state index in [-0.39, 0.29) is 5.97 Å². The summed E-state index contributed by atoms with van der Waals surface area (Å²) >= 11 is 0. The van der Waals surface area contributed by atoms with E-state index in [1.165, 1.54) is 7.11 Å². The minimum Gasteiger partial charge on any atom is -0.466 e. The molecule has 4 nitrogen and oxygen atoms in total. The second kappa shape index (κ2) is 9.36. The minimum absolute atomic E-state index is 0.224. The summed E-state index contributed by atoms with van der Waals surface area (Å²) in [6.45, 7) is 4.72. The van der Waals surface area contributed by atoms with Crippen molar-refractivity contribution in [2.45, 2.75) is 19.8 Å². The molecule has 0 amide bonds. The Morgan fingerprint density at radius 3 is 2.62 bits per heavy atom. The summed E-state index contributed by atoms with van der Waals surface area (Å²) in [5.74, 6) is -0.224. The summed E-state index contributed by atoms with van der Waals surface area (Å²) in [5.41, 5.74) is 0.739. The zero-order valence-electron chi connectivity index (χ0n) is 10.9. The van der Waals surface area contributed by atoms with Crippen molar-refractivity contribution in [2.24, 2.45) is 0 Å². The molecule has 0 aromatic heterocycles. The summed E-state index contributed by atoms with van der Waals surface area (Å²) in [6.07, 6.45) is 3.73. The van der Waals surface area contributed by atoms with E-state index in [9.17, 15) is 4.79 Å². The van der Waals surface area contributed by atoms with E-state index in [4.69, 9.17) is 0 Å². The summed E-state index contributed by atoms with van der Waals surface area (Å²) in [7, 11) is 5.54. The molecule has 0 aliphatic carbocycles. The van der Waals surface area contributed by atoms with Gasteiger partial charge in [-0.05, 0) is 40.0 Å². The van der Waals surface area contributed by atoms with Crippen molar-refractivity contribution in [3.05, 3.63) is 11.6 Å². The van der Waals surface area contributed by atoms with E-state index in [1.807, 2.05) is 13.0 Å². The molecule has 0 bridgehead atoms. The molecule has 0 fully saturated rings. The molecule has 0 radical (unpaired) electrons. The Kier molecular flexibility index (Phi) is 8.85. The van der Waals surface area contributed by atoms with Crippen molar-refractivity contribution in [3.8, 4) is 0 Å². The average molecular weight is 228 g/mol. The fourth-order valence-electron chi connectivity index (χ4n) is 1.32. The van der Waals surface area contributed by atoms with Gasteiger partial charge in [0, 0.05) is 12.1 Å². The highest BCUT2D eigenvalue weighted by Gasteiger charge is 2.05. The Hall–Kier alpha value is -0.870. The quantitative estimate of drug-likeness (QED) is 0.383. The molecular formula is C12H24N2O2. The van der Waals surface area contributed by atoms with Crippen LogP contribution in [0.3, 0.4) is 0 Å². The van der Waals surface area contributed by atoms with Crippen molar-refractivity contribution < 1.29 is 9.53 Å². The molecule has 0 aliphatic heterocycles. The zero-order valence-corrected chi connectivity index (χ0v) is 10.9. The first-order valence-electron chi connectivity index (χ1n) is 5.74. The van der Waals surface area contributed by atoms with Crippen LogP contribution in [0.5, 0.6) is 0 Å². The Morgan fingerprint density at radius 2 is 2.12 bits per heavy atom. The average Bonchev–Trinajstić information content (AvgIpc) is 2.27. The van der Waals surface area contributed by atoms with Crippen molar-refractivity contribution in [1.29, 1.82) is 0 Å². The lowest BCUT2D eigenvalue weighted by Crippen LogP contribution is -2.21. The second-order valence-electron chi connectivity index (χ2n) is 3.94. The Morgan fingerprint density at radius 1 is 1.44 bits per heavy atom. The monoisotopic (exact) mass is 228 g/mol. The van der Waals surface area contributed by atoms with Gasteiger partial charge in [0.25, 0.3) is 0 Å². The van der Waals surface area contributed by atoms with Gasteiger partial charge in [-0.3, -0.25) is 0 Å². The van der Waals surface area contributed by atoms with Gasteiger partial charge in [-0.15, -0.1) is 0 Å². The van der Waals surface area contributed by atoms with E-state index < -0.39 is 0 Å². The third-order valence-corrected chi connectivity index (χ3v) is 2.28. The number of carbonyl (C=O) groups is 1. The highest BCUT2D eigenvalue weighted by atomic mass is 16.5. The van der Waals surface area contributed by atoms with Crippen LogP contribution in [0.1, 0.15) is 19.8 Å². The summed E-state index contributed by atoms with van der Waals surface area (Å²) < 4.78 is 4.67. The summed E-state index contributed by atoms with van der Waals surface area (Å²) in [5, 5.41) is 3.27. The van der Waals surface area contributed by atoms with Crippen LogP contribution in [0, 0.1) is 0 Å². The van der Waals surface area contributed by atoms with Crippen molar-refractivity contribution in [3.63, 3.8) is 0 Å². The first-order valence-corrected chi connectivity index (χ1v) is 5.74. The number of methoxy groups -OCH3 is 1. The molecule has 0 saturated heterocycles. The van der Waals surface area contributed by atoms with Gasteiger partial charge in [0.2, 0.25) is 0 Å². The predicted octanol–water partition coefficient (Wildman–Crippen LogP) is 1.04. The molecule has 0 heterocycles. The zero-order chi connectivity index (χ0) is 12.4. The lowest BCUT2D eigenvalue weighted by atomic mass is 10.2. The second-order valence-corrected chi connectivity index (χ2v) is 3.94. The summed E-state index contributed by atoms with van der Waals surface area (Å²) in [4.78, 5) is 13.4. The van der Waals surface area contributed by atoms with Gasteiger partial charge in [0.15, 0.2) is 0 Å². The van der Waals surface area contributed by atoms with Crippen molar-refractivity contribution >= 4 is 5.97 Å². The Labute approximate surface area is 98.6 Å². The topological polar surface area (TPSA) is 41.6 Å². The predicted molar refractivity (Wildman–Crippen MR) is 66.4 cm³/mol. The van der Waals surface area contributed by atoms with Gasteiger partial charge < -0.3 is 15.0 Å². The van der Waals surface area contributed by atoms with Gasteiger partial charge in [0.05, 0.1) is 7.11 Å². The molecule has 0 rings (SSSR count). The SMILES string of the molecule is CCC(=CCNCCCN(C)C)C(=O)OC. The number of ether oxygens (including phenoxy) is 1. The van der Waals surface area contributed by atoms with Gasteiger partial charge in [-0.25, -0.2) is 4.79 Å². The molecule has 0 aromatic rings. The molecule has 16 heavy (non-hydrogen) atoms. The number of carbonyl (C=O) groups excluding carboxylic acids is 1. The van der Waals surface area contributed by atoms with E-state index >= 15 is 0 Å². The first-order chi connectivity index (χ1) is 7.61. The third kappa shape index (κ3) is 7.43. The van der Waals surface area contributed by atoms with Gasteiger partial charge in [-0.1, -0.05) is 13.0 Å². The highest BCUT2D eigenvalue weighted by Crippen LogP contribution is 2.01. The number of hydrogen-bond acceptors (Lipinski definition) is 4. The maximum Gasteiger partial charge on any atom is 0.333 e. The first kappa shape index (κ1) is 15.1. The lowest BCUT2D eigenvalue weighted by molar-refractivity contribution is -0.136. The highest BCUT2D eigenvalue weighted by molar-refractivity contribution is 5.88. The molecule has 0 spiro atoms. The van der Waals surface area contributed by atoms with Crippen LogP contribution < -0.4 is 5.32 Å². The Balaban J connectivity index is 3.68. The van der Waals surface area contributed by atoms with Crippen molar-refractivity contribution in [1.82, 2.24) is 10.2 Å². The van der Waals surface area contributed by atoms with E-state index in [0.29, 0.717) is 6.42 Å². The third-order valence-electron chi connectivity index (χ3n) is 2.28. The van der Waals surface area contributed by atoms with Crippen LogP contribution in [0.15, 0.2) is 11.6 Å². The van der Waals surface area contributed by atoms with Crippen LogP contribution in [-0.4, -0.2) is 51.7 Å². The lowest BCUT2D eigenvalue weighted by Gasteiger charge is -2.09. The van der Waals surface area contributed by atoms with Gasteiger partial charge in [0.1, 0.15) is 0 Å². The fourth-order valence-corrected chi connectivity index (χ4v) is 1.32. The molecule has 4 heteroatoms. The fraction of sp³-hybridized carbons (Fsp3) is 0.750. The normalized spacial score (nSPS) is 11.9. The standard InChI is InChI=1S/C12H24N2O2/c1-5-11(12(15)16-4)7-9-13-8-6-10-14(2)3/h7,13H,5-6,8-10H2,1-4H3. The molecule has 0 atom stereocenters. The minimum atomic E-state index is -0.224. The van der Waals surface area contributed by atoms with E-state index in [2.05, 4.69) is 29.0 Å². The molecule has 0 saturated carbocycles. The number of rotatable bonds is 8.